The fraction of sp³-hybridized carbons (Fsp3) is 0.409. The quantitative estimate of drug-likeness (QED) is 0.649. The summed E-state index contributed by atoms with van der Waals surface area (Å²) in [7, 11) is 0. The second kappa shape index (κ2) is 7.40. The normalized spacial score (nSPS) is 11.7. The first kappa shape index (κ1) is 18.9. The lowest BCUT2D eigenvalue weighted by Crippen LogP contribution is -2.23. The first-order chi connectivity index (χ1) is 12.8. The predicted octanol–water partition coefficient (Wildman–Crippen LogP) is 5.26. The molecule has 0 radical (unpaired) electrons. The SMILES string of the molecule is Cc1nc2nccc(-c3ccc(OCC(C)(C)CC(C)C)c(C#N)c3)c2[nH]1. The van der Waals surface area contributed by atoms with Crippen molar-refractivity contribution in [2.75, 3.05) is 6.61 Å². The number of fused-ring (bicyclic) bond motifs is 1. The maximum absolute atomic E-state index is 9.62. The van der Waals surface area contributed by atoms with Crippen molar-refractivity contribution in [2.24, 2.45) is 11.3 Å². The molecule has 1 N–H and O–H groups in total. The van der Waals surface area contributed by atoms with E-state index >= 15 is 0 Å². The van der Waals surface area contributed by atoms with Crippen LogP contribution in [0.15, 0.2) is 30.5 Å². The van der Waals surface area contributed by atoms with Gasteiger partial charge in [0.15, 0.2) is 5.65 Å². The van der Waals surface area contributed by atoms with Gasteiger partial charge in [-0.15, -0.1) is 0 Å². The molecule has 3 rings (SSSR count). The summed E-state index contributed by atoms with van der Waals surface area (Å²) < 4.78 is 6.02. The number of H-pyrrole nitrogens is 1. The van der Waals surface area contributed by atoms with E-state index < -0.39 is 0 Å². The molecular formula is C22H26N4O. The molecule has 0 atom stereocenters. The largest absolute Gasteiger partial charge is 0.492 e. The number of hydrogen-bond acceptors (Lipinski definition) is 4. The van der Waals surface area contributed by atoms with Crippen LogP contribution in [-0.4, -0.2) is 21.6 Å². The minimum absolute atomic E-state index is 0.0598. The van der Waals surface area contributed by atoms with Crippen molar-refractivity contribution in [1.82, 2.24) is 15.0 Å². The van der Waals surface area contributed by atoms with E-state index in [1.54, 1.807) is 6.20 Å². The lowest BCUT2D eigenvalue weighted by atomic mass is 9.85. The zero-order valence-electron chi connectivity index (χ0n) is 16.6. The third-order valence-electron chi connectivity index (χ3n) is 4.50. The lowest BCUT2D eigenvalue weighted by molar-refractivity contribution is 0.153. The summed E-state index contributed by atoms with van der Waals surface area (Å²) in [6.07, 6.45) is 2.81. The van der Waals surface area contributed by atoms with Crippen LogP contribution in [0.1, 0.15) is 45.5 Å². The minimum atomic E-state index is 0.0598. The smallest absolute Gasteiger partial charge is 0.178 e. The van der Waals surface area contributed by atoms with Gasteiger partial charge in [0.2, 0.25) is 0 Å². The van der Waals surface area contributed by atoms with E-state index in [1.807, 2.05) is 31.2 Å². The van der Waals surface area contributed by atoms with Gasteiger partial charge in [-0.1, -0.05) is 33.8 Å². The summed E-state index contributed by atoms with van der Waals surface area (Å²) in [5.41, 5.74) is 4.07. The number of nitrogens with zero attached hydrogens (tertiary/aromatic N) is 3. The third kappa shape index (κ3) is 4.28. The number of nitriles is 1. The molecule has 2 heterocycles. The Hall–Kier alpha value is -2.87. The van der Waals surface area contributed by atoms with Crippen molar-refractivity contribution in [2.45, 2.75) is 41.0 Å². The van der Waals surface area contributed by atoms with E-state index in [9.17, 15) is 5.26 Å². The van der Waals surface area contributed by atoms with Gasteiger partial charge in [-0.3, -0.25) is 0 Å². The Bertz CT molecular complexity index is 995. The van der Waals surface area contributed by atoms with Crippen LogP contribution in [0.5, 0.6) is 5.75 Å². The number of aromatic amines is 1. The Labute approximate surface area is 160 Å². The van der Waals surface area contributed by atoms with Crippen molar-refractivity contribution in [3.05, 3.63) is 41.9 Å². The van der Waals surface area contributed by atoms with E-state index in [0.717, 1.165) is 28.9 Å². The predicted molar refractivity (Wildman–Crippen MR) is 108 cm³/mol. The van der Waals surface area contributed by atoms with E-state index in [2.05, 4.69) is 48.7 Å². The van der Waals surface area contributed by atoms with Gasteiger partial charge in [0.05, 0.1) is 17.7 Å². The molecule has 5 heteroatoms. The highest BCUT2D eigenvalue weighted by molar-refractivity contribution is 5.90. The molecule has 3 aromatic rings. The highest BCUT2D eigenvalue weighted by Gasteiger charge is 2.21. The fourth-order valence-corrected chi connectivity index (χ4v) is 3.61. The molecular weight excluding hydrogens is 336 g/mol. The van der Waals surface area contributed by atoms with Gasteiger partial charge in [0.25, 0.3) is 0 Å². The molecule has 1 aromatic carbocycles. The number of hydrogen-bond donors (Lipinski definition) is 1. The van der Waals surface area contributed by atoms with Gasteiger partial charge in [-0.05, 0) is 48.4 Å². The van der Waals surface area contributed by atoms with Crippen LogP contribution >= 0.6 is 0 Å². The summed E-state index contributed by atoms with van der Waals surface area (Å²) in [4.78, 5) is 11.9. The average Bonchev–Trinajstić information content (AvgIpc) is 2.99. The van der Waals surface area contributed by atoms with Crippen LogP contribution in [-0.2, 0) is 0 Å². The number of nitrogens with one attached hydrogen (secondary N) is 1. The van der Waals surface area contributed by atoms with Crippen molar-refractivity contribution >= 4 is 11.2 Å². The minimum Gasteiger partial charge on any atom is -0.492 e. The van der Waals surface area contributed by atoms with Gasteiger partial charge in [0.1, 0.15) is 17.6 Å². The van der Waals surface area contributed by atoms with E-state index in [0.29, 0.717) is 29.5 Å². The Kier molecular flexibility index (Phi) is 5.18. The molecule has 27 heavy (non-hydrogen) atoms. The highest BCUT2D eigenvalue weighted by Crippen LogP contribution is 2.32. The first-order valence-electron chi connectivity index (χ1n) is 9.28. The van der Waals surface area contributed by atoms with Crippen LogP contribution in [0.4, 0.5) is 0 Å². The zero-order chi connectivity index (χ0) is 19.6. The molecule has 0 unspecified atom stereocenters. The second-order valence-electron chi connectivity index (χ2n) is 8.25. The van der Waals surface area contributed by atoms with Crippen molar-refractivity contribution in [1.29, 1.82) is 5.26 Å². The standard InChI is InChI=1S/C22H26N4O/c1-14(2)11-22(4,5)13-27-19-7-6-16(10-17(19)12-23)18-8-9-24-21-20(18)25-15(3)26-21/h6-10,14H,11,13H2,1-5H3,(H,24,25,26). The molecule has 140 valence electrons. The highest BCUT2D eigenvalue weighted by atomic mass is 16.5. The lowest BCUT2D eigenvalue weighted by Gasteiger charge is -2.27. The van der Waals surface area contributed by atoms with Gasteiger partial charge in [0, 0.05) is 11.8 Å². The van der Waals surface area contributed by atoms with Crippen molar-refractivity contribution in [3.8, 4) is 22.9 Å². The molecule has 0 fully saturated rings. The molecule has 0 aliphatic heterocycles. The maximum atomic E-state index is 9.62. The summed E-state index contributed by atoms with van der Waals surface area (Å²) in [6.45, 7) is 11.3. The number of benzene rings is 1. The van der Waals surface area contributed by atoms with Crippen LogP contribution in [0.25, 0.3) is 22.3 Å². The van der Waals surface area contributed by atoms with E-state index in [-0.39, 0.29) is 5.41 Å². The Morgan fingerprint density at radius 3 is 2.74 bits per heavy atom. The number of imidazole rings is 1. The summed E-state index contributed by atoms with van der Waals surface area (Å²) in [6, 6.07) is 9.94. The average molecular weight is 362 g/mol. The van der Waals surface area contributed by atoms with Gasteiger partial charge in [-0.25, -0.2) is 9.97 Å². The Morgan fingerprint density at radius 2 is 2.04 bits per heavy atom. The first-order valence-corrected chi connectivity index (χ1v) is 9.28. The summed E-state index contributed by atoms with van der Waals surface area (Å²) in [5.74, 6) is 2.05. The summed E-state index contributed by atoms with van der Waals surface area (Å²) >= 11 is 0. The van der Waals surface area contributed by atoms with Crippen LogP contribution < -0.4 is 4.74 Å². The molecule has 0 saturated heterocycles. The molecule has 0 spiro atoms. The van der Waals surface area contributed by atoms with Crippen LogP contribution in [0, 0.1) is 29.6 Å². The van der Waals surface area contributed by atoms with E-state index in [1.165, 1.54) is 0 Å². The third-order valence-corrected chi connectivity index (χ3v) is 4.50. The monoisotopic (exact) mass is 362 g/mol. The number of aryl methyl sites for hydroxylation is 1. The summed E-state index contributed by atoms with van der Waals surface area (Å²) in [5, 5.41) is 9.62. The Morgan fingerprint density at radius 1 is 1.26 bits per heavy atom. The molecule has 0 aliphatic carbocycles. The van der Waals surface area contributed by atoms with Gasteiger partial charge >= 0.3 is 0 Å². The van der Waals surface area contributed by atoms with E-state index in [4.69, 9.17) is 4.74 Å². The number of aromatic nitrogens is 3. The molecule has 0 amide bonds. The molecule has 0 saturated carbocycles. The molecule has 5 nitrogen and oxygen atoms in total. The van der Waals surface area contributed by atoms with Gasteiger partial charge in [-0.2, -0.15) is 5.26 Å². The molecule has 0 aliphatic rings. The topological polar surface area (TPSA) is 74.6 Å². The van der Waals surface area contributed by atoms with Gasteiger partial charge < -0.3 is 9.72 Å². The second-order valence-corrected chi connectivity index (χ2v) is 8.25. The zero-order valence-corrected chi connectivity index (χ0v) is 16.6. The van der Waals surface area contributed by atoms with Crippen molar-refractivity contribution in [3.63, 3.8) is 0 Å². The number of rotatable bonds is 6. The van der Waals surface area contributed by atoms with Crippen LogP contribution in [0.3, 0.4) is 0 Å². The fourth-order valence-electron chi connectivity index (χ4n) is 3.61. The van der Waals surface area contributed by atoms with Crippen LogP contribution in [0.2, 0.25) is 0 Å². The molecule has 2 aromatic heterocycles. The number of ether oxygens (including phenoxy) is 1. The molecule has 0 bridgehead atoms. The Balaban J connectivity index is 1.89. The number of pyridine rings is 1. The maximum Gasteiger partial charge on any atom is 0.178 e. The van der Waals surface area contributed by atoms with Crippen molar-refractivity contribution < 1.29 is 4.74 Å².